The van der Waals surface area contributed by atoms with Gasteiger partial charge in [-0.1, -0.05) is 0 Å². The van der Waals surface area contributed by atoms with E-state index in [9.17, 15) is 18.0 Å². The molecule has 1 aliphatic rings. The van der Waals surface area contributed by atoms with Gasteiger partial charge in [0, 0.05) is 12.7 Å². The number of sulfonamides is 1. The number of likely N-dealkylation sites (tertiary alicyclic amines) is 1. The highest BCUT2D eigenvalue weighted by Gasteiger charge is 2.36. The van der Waals surface area contributed by atoms with Crippen molar-refractivity contribution in [3.63, 3.8) is 0 Å². The molecule has 1 aliphatic heterocycles. The third-order valence-electron chi connectivity index (χ3n) is 3.28. The van der Waals surface area contributed by atoms with Gasteiger partial charge in [-0.3, -0.25) is 14.5 Å². The van der Waals surface area contributed by atoms with E-state index in [1.165, 1.54) is 32.3 Å². The molecule has 1 saturated heterocycles. The van der Waals surface area contributed by atoms with Crippen molar-refractivity contribution in [1.29, 1.82) is 0 Å². The fraction of sp³-hybridized carbons (Fsp3) is 0.333. The van der Waals surface area contributed by atoms with Crippen LogP contribution in [-0.2, 0) is 19.6 Å². The van der Waals surface area contributed by atoms with E-state index in [1.54, 1.807) is 0 Å². The quantitative estimate of drug-likeness (QED) is 0.501. The Hall–Kier alpha value is -2.13. The van der Waals surface area contributed by atoms with E-state index >= 15 is 0 Å². The first-order chi connectivity index (χ1) is 9.76. The number of rotatable bonds is 4. The first-order valence-electron chi connectivity index (χ1n) is 6.16. The van der Waals surface area contributed by atoms with E-state index in [0.29, 0.717) is 0 Å². The van der Waals surface area contributed by atoms with Crippen LogP contribution in [0.15, 0.2) is 23.1 Å². The van der Waals surface area contributed by atoms with Gasteiger partial charge in [0.05, 0.1) is 12.1 Å². The standard InChI is InChI=1S/C12H16N4O4S/c1-14-21(19,20)10-5-7(13)3-4-8(10)15-9-6-11(17)16(2)12(9)18/h3-5,9,14-15H,6,13H2,1-2H3. The summed E-state index contributed by atoms with van der Waals surface area (Å²) in [6.45, 7) is 0. The Morgan fingerprint density at radius 2 is 2.00 bits per heavy atom. The highest BCUT2D eigenvalue weighted by Crippen LogP contribution is 2.26. The molecule has 1 fully saturated rings. The van der Waals surface area contributed by atoms with E-state index in [1.807, 2.05) is 0 Å². The summed E-state index contributed by atoms with van der Waals surface area (Å²) in [5.74, 6) is -0.712. The van der Waals surface area contributed by atoms with E-state index in [2.05, 4.69) is 10.0 Å². The van der Waals surface area contributed by atoms with Gasteiger partial charge < -0.3 is 11.1 Å². The Bertz CT molecular complexity index is 701. The summed E-state index contributed by atoms with van der Waals surface area (Å²) in [6, 6.07) is 3.49. The summed E-state index contributed by atoms with van der Waals surface area (Å²) in [4.78, 5) is 24.3. The second-order valence-corrected chi connectivity index (χ2v) is 6.51. The summed E-state index contributed by atoms with van der Waals surface area (Å²) in [7, 11) is -1.07. The number of amides is 2. The zero-order chi connectivity index (χ0) is 15.8. The summed E-state index contributed by atoms with van der Waals surface area (Å²) < 4.78 is 26.2. The smallest absolute Gasteiger partial charge is 0.251 e. The Kier molecular flexibility index (Phi) is 3.88. The molecule has 1 heterocycles. The number of carbonyl (C=O) groups is 2. The number of nitrogens with zero attached hydrogens (tertiary/aromatic N) is 1. The van der Waals surface area contributed by atoms with Crippen molar-refractivity contribution in [1.82, 2.24) is 9.62 Å². The number of likely N-dealkylation sites (N-methyl/N-ethyl adjacent to an activating group) is 1. The van der Waals surface area contributed by atoms with Gasteiger partial charge in [0.15, 0.2) is 0 Å². The van der Waals surface area contributed by atoms with Crippen LogP contribution < -0.4 is 15.8 Å². The van der Waals surface area contributed by atoms with Crippen LogP contribution in [0.4, 0.5) is 11.4 Å². The number of benzene rings is 1. The zero-order valence-corrected chi connectivity index (χ0v) is 12.4. The summed E-state index contributed by atoms with van der Waals surface area (Å²) in [5, 5.41) is 2.80. The third-order valence-corrected chi connectivity index (χ3v) is 4.73. The van der Waals surface area contributed by atoms with Gasteiger partial charge in [-0.05, 0) is 25.2 Å². The van der Waals surface area contributed by atoms with E-state index in [0.717, 1.165) is 4.90 Å². The second-order valence-electron chi connectivity index (χ2n) is 4.66. The van der Waals surface area contributed by atoms with Crippen LogP contribution in [0.5, 0.6) is 0 Å². The van der Waals surface area contributed by atoms with E-state index in [4.69, 9.17) is 5.73 Å². The van der Waals surface area contributed by atoms with Gasteiger partial charge in [-0.15, -0.1) is 0 Å². The maximum absolute atomic E-state index is 12.0. The highest BCUT2D eigenvalue weighted by atomic mass is 32.2. The van der Waals surface area contributed by atoms with Crippen LogP contribution in [0.3, 0.4) is 0 Å². The van der Waals surface area contributed by atoms with Crippen LogP contribution >= 0.6 is 0 Å². The summed E-state index contributed by atoms with van der Waals surface area (Å²) in [6.07, 6.45) is -0.0151. The zero-order valence-electron chi connectivity index (χ0n) is 11.6. The third kappa shape index (κ3) is 2.83. The van der Waals surface area contributed by atoms with Crippen LogP contribution in [0.2, 0.25) is 0 Å². The lowest BCUT2D eigenvalue weighted by atomic mass is 10.2. The number of nitrogens with two attached hydrogens (primary N) is 1. The second kappa shape index (κ2) is 5.34. The SMILES string of the molecule is CNS(=O)(=O)c1cc(N)ccc1NC1CC(=O)N(C)C1=O. The number of nitrogen functional groups attached to an aromatic ring is 1. The molecular weight excluding hydrogens is 296 g/mol. The molecule has 21 heavy (non-hydrogen) atoms. The molecule has 0 aliphatic carbocycles. The number of anilines is 2. The Morgan fingerprint density at radius 1 is 1.33 bits per heavy atom. The van der Waals surface area contributed by atoms with Crippen molar-refractivity contribution >= 4 is 33.2 Å². The molecule has 0 saturated carbocycles. The maximum Gasteiger partial charge on any atom is 0.251 e. The number of imide groups is 1. The fourth-order valence-electron chi connectivity index (χ4n) is 2.05. The minimum atomic E-state index is -3.74. The monoisotopic (exact) mass is 312 g/mol. The Labute approximate surface area is 122 Å². The molecule has 0 spiro atoms. The lowest BCUT2D eigenvalue weighted by molar-refractivity contribution is -0.136. The molecule has 1 atom stereocenters. The number of carbonyl (C=O) groups excluding carboxylic acids is 2. The van der Waals surface area contributed by atoms with E-state index < -0.39 is 22.0 Å². The lowest BCUT2D eigenvalue weighted by Gasteiger charge is -2.16. The fourth-order valence-corrected chi connectivity index (χ4v) is 2.97. The predicted octanol–water partition coefficient (Wildman–Crippen LogP) is -0.654. The number of nitrogens with one attached hydrogen (secondary N) is 2. The molecule has 9 heteroatoms. The molecule has 0 radical (unpaired) electrons. The van der Waals surface area contributed by atoms with Crippen LogP contribution in [-0.4, -0.2) is 45.3 Å². The molecule has 114 valence electrons. The van der Waals surface area contributed by atoms with Crippen molar-refractivity contribution in [2.45, 2.75) is 17.4 Å². The minimum absolute atomic E-state index is 0.0151. The molecule has 2 rings (SSSR count). The lowest BCUT2D eigenvalue weighted by Crippen LogP contribution is -2.32. The molecule has 1 aromatic carbocycles. The van der Waals surface area contributed by atoms with Gasteiger partial charge in [-0.2, -0.15) is 0 Å². The number of hydrogen-bond acceptors (Lipinski definition) is 6. The largest absolute Gasteiger partial charge is 0.399 e. The molecule has 2 amide bonds. The highest BCUT2D eigenvalue weighted by molar-refractivity contribution is 7.89. The molecular formula is C12H16N4O4S. The molecule has 0 bridgehead atoms. The van der Waals surface area contributed by atoms with Gasteiger partial charge in [0.25, 0.3) is 5.91 Å². The number of hydrogen-bond donors (Lipinski definition) is 3. The van der Waals surface area contributed by atoms with Crippen molar-refractivity contribution in [3.05, 3.63) is 18.2 Å². The van der Waals surface area contributed by atoms with Gasteiger partial charge in [-0.25, -0.2) is 13.1 Å². The van der Waals surface area contributed by atoms with Crippen molar-refractivity contribution in [2.75, 3.05) is 25.1 Å². The van der Waals surface area contributed by atoms with Gasteiger partial charge in [0.2, 0.25) is 15.9 Å². The van der Waals surface area contributed by atoms with Crippen molar-refractivity contribution < 1.29 is 18.0 Å². The van der Waals surface area contributed by atoms with Crippen LogP contribution in [0.1, 0.15) is 6.42 Å². The molecule has 4 N–H and O–H groups in total. The van der Waals surface area contributed by atoms with Crippen molar-refractivity contribution in [3.8, 4) is 0 Å². The normalized spacial score (nSPS) is 19.1. The average molecular weight is 312 g/mol. The molecule has 1 unspecified atom stereocenters. The summed E-state index contributed by atoms with van der Waals surface area (Å²) in [5.41, 5.74) is 6.11. The van der Waals surface area contributed by atoms with Crippen LogP contribution in [0.25, 0.3) is 0 Å². The Morgan fingerprint density at radius 3 is 2.52 bits per heavy atom. The minimum Gasteiger partial charge on any atom is -0.399 e. The van der Waals surface area contributed by atoms with Gasteiger partial charge >= 0.3 is 0 Å². The maximum atomic E-state index is 12.0. The topological polar surface area (TPSA) is 122 Å². The average Bonchev–Trinajstić information content (AvgIpc) is 2.68. The molecule has 0 aromatic heterocycles. The first kappa shape index (κ1) is 15.3. The van der Waals surface area contributed by atoms with Gasteiger partial charge in [0.1, 0.15) is 10.9 Å². The van der Waals surface area contributed by atoms with Crippen molar-refractivity contribution in [2.24, 2.45) is 0 Å². The predicted molar refractivity (Wildman–Crippen MR) is 76.9 cm³/mol. The Balaban J connectivity index is 2.38. The van der Waals surface area contributed by atoms with Crippen LogP contribution in [0, 0.1) is 0 Å². The van der Waals surface area contributed by atoms with E-state index in [-0.39, 0.29) is 28.6 Å². The summed E-state index contributed by atoms with van der Waals surface area (Å²) >= 11 is 0. The first-order valence-corrected chi connectivity index (χ1v) is 7.64. The molecule has 1 aromatic rings. The molecule has 8 nitrogen and oxygen atoms in total.